The lowest BCUT2D eigenvalue weighted by Gasteiger charge is -2.10. The molecule has 0 amide bonds. The SMILES string of the molecule is CCn1ccnc1COc1ccc(CN)cc1Br. The standard InChI is InChI=1S/C13H16BrN3O/c1-2-17-6-5-16-13(17)9-18-12-4-3-10(8-15)7-11(12)14/h3-7H,2,8-9,15H2,1H3. The lowest BCUT2D eigenvalue weighted by atomic mass is 10.2. The number of halogens is 1. The Kier molecular flexibility index (Phi) is 4.38. The zero-order valence-electron chi connectivity index (χ0n) is 10.3. The number of rotatable bonds is 5. The zero-order chi connectivity index (χ0) is 13.0. The van der Waals surface area contributed by atoms with Crippen LogP contribution in [0.15, 0.2) is 35.1 Å². The van der Waals surface area contributed by atoms with E-state index in [0.29, 0.717) is 13.2 Å². The highest BCUT2D eigenvalue weighted by molar-refractivity contribution is 9.10. The van der Waals surface area contributed by atoms with Gasteiger partial charge >= 0.3 is 0 Å². The molecule has 18 heavy (non-hydrogen) atoms. The van der Waals surface area contributed by atoms with Crippen molar-refractivity contribution in [3.63, 3.8) is 0 Å². The van der Waals surface area contributed by atoms with Crippen molar-refractivity contribution in [1.82, 2.24) is 9.55 Å². The highest BCUT2D eigenvalue weighted by atomic mass is 79.9. The van der Waals surface area contributed by atoms with E-state index in [2.05, 4.69) is 32.4 Å². The van der Waals surface area contributed by atoms with Crippen molar-refractivity contribution in [2.24, 2.45) is 5.73 Å². The topological polar surface area (TPSA) is 53.1 Å². The molecule has 0 spiro atoms. The van der Waals surface area contributed by atoms with E-state index in [-0.39, 0.29) is 0 Å². The molecule has 0 atom stereocenters. The van der Waals surface area contributed by atoms with Crippen molar-refractivity contribution in [2.75, 3.05) is 0 Å². The van der Waals surface area contributed by atoms with Crippen LogP contribution in [0.4, 0.5) is 0 Å². The van der Waals surface area contributed by atoms with E-state index in [4.69, 9.17) is 10.5 Å². The maximum Gasteiger partial charge on any atom is 0.146 e. The fraction of sp³-hybridized carbons (Fsp3) is 0.308. The fourth-order valence-corrected chi connectivity index (χ4v) is 2.24. The maximum atomic E-state index is 5.75. The van der Waals surface area contributed by atoms with Crippen molar-refractivity contribution in [3.8, 4) is 5.75 Å². The maximum absolute atomic E-state index is 5.75. The average molecular weight is 310 g/mol. The Morgan fingerprint density at radius 2 is 2.28 bits per heavy atom. The molecular weight excluding hydrogens is 294 g/mol. The van der Waals surface area contributed by atoms with Gasteiger partial charge < -0.3 is 15.0 Å². The van der Waals surface area contributed by atoms with Gasteiger partial charge in [0.2, 0.25) is 0 Å². The van der Waals surface area contributed by atoms with Crippen LogP contribution < -0.4 is 10.5 Å². The summed E-state index contributed by atoms with van der Waals surface area (Å²) in [7, 11) is 0. The fourth-order valence-electron chi connectivity index (χ4n) is 1.70. The largest absolute Gasteiger partial charge is 0.485 e. The lowest BCUT2D eigenvalue weighted by molar-refractivity contribution is 0.288. The minimum atomic E-state index is 0.460. The van der Waals surface area contributed by atoms with Gasteiger partial charge in [-0.25, -0.2) is 4.98 Å². The van der Waals surface area contributed by atoms with Crippen LogP contribution in [0, 0.1) is 0 Å². The average Bonchev–Trinajstić information content (AvgIpc) is 2.84. The van der Waals surface area contributed by atoms with Crippen molar-refractivity contribution >= 4 is 15.9 Å². The van der Waals surface area contributed by atoms with Gasteiger partial charge in [-0.2, -0.15) is 0 Å². The number of aromatic nitrogens is 2. The van der Waals surface area contributed by atoms with Crippen LogP contribution in [0.5, 0.6) is 5.75 Å². The van der Waals surface area contributed by atoms with Crippen LogP contribution >= 0.6 is 15.9 Å². The molecule has 0 bridgehead atoms. The summed E-state index contributed by atoms with van der Waals surface area (Å²) in [5.74, 6) is 1.73. The molecule has 1 heterocycles. The van der Waals surface area contributed by atoms with Crippen molar-refractivity contribution in [2.45, 2.75) is 26.6 Å². The molecule has 0 aliphatic heterocycles. The van der Waals surface area contributed by atoms with Crippen LogP contribution in [0.1, 0.15) is 18.3 Å². The number of aryl methyl sites for hydroxylation is 1. The number of nitrogens with two attached hydrogens (primary N) is 1. The predicted octanol–water partition coefficient (Wildman–Crippen LogP) is 2.70. The Bertz CT molecular complexity index is 525. The Hall–Kier alpha value is -1.33. The summed E-state index contributed by atoms with van der Waals surface area (Å²) >= 11 is 3.48. The van der Waals surface area contributed by atoms with Crippen molar-refractivity contribution in [1.29, 1.82) is 0 Å². The first-order chi connectivity index (χ1) is 8.74. The quantitative estimate of drug-likeness (QED) is 0.924. The first-order valence-electron chi connectivity index (χ1n) is 5.86. The third-order valence-corrected chi connectivity index (χ3v) is 3.35. The monoisotopic (exact) mass is 309 g/mol. The highest BCUT2D eigenvalue weighted by Crippen LogP contribution is 2.26. The van der Waals surface area contributed by atoms with E-state index < -0.39 is 0 Å². The van der Waals surface area contributed by atoms with Gasteiger partial charge in [0.1, 0.15) is 18.2 Å². The molecule has 0 saturated carbocycles. The van der Waals surface area contributed by atoms with Crippen molar-refractivity contribution in [3.05, 3.63) is 46.5 Å². The second kappa shape index (κ2) is 6.02. The summed E-state index contributed by atoms with van der Waals surface area (Å²) in [6.45, 7) is 3.96. The summed E-state index contributed by atoms with van der Waals surface area (Å²) < 4.78 is 8.73. The summed E-state index contributed by atoms with van der Waals surface area (Å²) in [6.07, 6.45) is 3.74. The van der Waals surface area contributed by atoms with Gasteiger partial charge in [-0.1, -0.05) is 6.07 Å². The van der Waals surface area contributed by atoms with Gasteiger partial charge in [-0.05, 0) is 40.5 Å². The summed E-state index contributed by atoms with van der Waals surface area (Å²) in [6, 6.07) is 5.86. The van der Waals surface area contributed by atoms with E-state index in [9.17, 15) is 0 Å². The minimum Gasteiger partial charge on any atom is -0.485 e. The molecule has 2 N–H and O–H groups in total. The molecule has 96 valence electrons. The molecule has 0 aliphatic carbocycles. The Labute approximate surface area is 115 Å². The van der Waals surface area contributed by atoms with Gasteiger partial charge in [-0.15, -0.1) is 0 Å². The van der Waals surface area contributed by atoms with Gasteiger partial charge in [-0.3, -0.25) is 0 Å². The van der Waals surface area contributed by atoms with Crippen LogP contribution in [0.2, 0.25) is 0 Å². The van der Waals surface area contributed by atoms with Gasteiger partial charge in [0.05, 0.1) is 4.47 Å². The van der Waals surface area contributed by atoms with Gasteiger partial charge in [0.25, 0.3) is 0 Å². The van der Waals surface area contributed by atoms with E-state index in [1.807, 2.05) is 24.4 Å². The first-order valence-corrected chi connectivity index (χ1v) is 6.65. The molecule has 2 aromatic rings. The van der Waals surface area contributed by atoms with Crippen LogP contribution in [-0.4, -0.2) is 9.55 Å². The second-order valence-corrected chi connectivity index (χ2v) is 4.74. The molecule has 5 heteroatoms. The zero-order valence-corrected chi connectivity index (χ0v) is 11.9. The number of benzene rings is 1. The summed E-state index contributed by atoms with van der Waals surface area (Å²) in [5, 5.41) is 0. The molecule has 0 fully saturated rings. The molecule has 1 aromatic heterocycles. The van der Waals surface area contributed by atoms with Crippen LogP contribution in [0.25, 0.3) is 0 Å². The Morgan fingerprint density at radius 3 is 2.94 bits per heavy atom. The van der Waals surface area contributed by atoms with Crippen LogP contribution in [0.3, 0.4) is 0 Å². The lowest BCUT2D eigenvalue weighted by Crippen LogP contribution is -2.06. The summed E-state index contributed by atoms with van der Waals surface area (Å²) in [5.41, 5.74) is 6.66. The molecular formula is C13H16BrN3O. The normalized spacial score (nSPS) is 10.6. The third kappa shape index (κ3) is 2.91. The summed E-state index contributed by atoms with van der Waals surface area (Å²) in [4.78, 5) is 4.27. The van der Waals surface area contributed by atoms with Crippen LogP contribution in [-0.2, 0) is 19.7 Å². The van der Waals surface area contributed by atoms with Gasteiger partial charge in [0.15, 0.2) is 0 Å². The number of hydrogen-bond donors (Lipinski definition) is 1. The highest BCUT2D eigenvalue weighted by Gasteiger charge is 2.05. The number of nitrogens with zero attached hydrogens (tertiary/aromatic N) is 2. The second-order valence-electron chi connectivity index (χ2n) is 3.89. The van der Waals surface area contributed by atoms with Gasteiger partial charge in [0, 0.05) is 25.5 Å². The number of hydrogen-bond acceptors (Lipinski definition) is 3. The number of imidazole rings is 1. The minimum absolute atomic E-state index is 0.460. The first kappa shape index (κ1) is 13.1. The molecule has 4 nitrogen and oxygen atoms in total. The molecule has 0 aliphatic rings. The molecule has 1 aromatic carbocycles. The Morgan fingerprint density at radius 1 is 1.44 bits per heavy atom. The Balaban J connectivity index is 2.06. The number of ether oxygens (including phenoxy) is 1. The van der Waals surface area contributed by atoms with E-state index >= 15 is 0 Å². The molecule has 0 saturated heterocycles. The molecule has 0 unspecified atom stereocenters. The third-order valence-electron chi connectivity index (χ3n) is 2.73. The van der Waals surface area contributed by atoms with Crippen molar-refractivity contribution < 1.29 is 4.74 Å². The predicted molar refractivity (Wildman–Crippen MR) is 74.3 cm³/mol. The van der Waals surface area contributed by atoms with E-state index in [1.165, 1.54) is 0 Å². The smallest absolute Gasteiger partial charge is 0.146 e. The molecule has 0 radical (unpaired) electrons. The van der Waals surface area contributed by atoms with E-state index in [1.54, 1.807) is 6.20 Å². The molecule has 2 rings (SSSR count). The van der Waals surface area contributed by atoms with E-state index in [0.717, 1.165) is 28.2 Å².